The lowest BCUT2D eigenvalue weighted by Gasteiger charge is -2.37. The highest BCUT2D eigenvalue weighted by Crippen LogP contribution is 2.45. The van der Waals surface area contributed by atoms with Gasteiger partial charge in [-0.25, -0.2) is 4.98 Å². The molecule has 1 spiro atoms. The Hall–Kier alpha value is -0.900. The third kappa shape index (κ3) is 1.56. The first-order chi connectivity index (χ1) is 7.80. The fourth-order valence-corrected chi connectivity index (χ4v) is 4.04. The van der Waals surface area contributed by atoms with Crippen molar-refractivity contribution in [3.8, 4) is 0 Å². The molecule has 0 bridgehead atoms. The smallest absolute Gasteiger partial charge is 0.221 e. The van der Waals surface area contributed by atoms with Crippen LogP contribution in [0.2, 0.25) is 0 Å². The Balaban J connectivity index is 1.93. The van der Waals surface area contributed by atoms with Gasteiger partial charge in [-0.2, -0.15) is 0 Å². The molecule has 0 aromatic carbocycles. The molecule has 1 aliphatic carbocycles. The molecule has 86 valence electrons. The molecular weight excluding hydrogens is 220 g/mol. The molecular formula is C12H16N2OS. The van der Waals surface area contributed by atoms with Gasteiger partial charge in [-0.05, 0) is 12.8 Å². The van der Waals surface area contributed by atoms with E-state index in [2.05, 4.69) is 10.3 Å². The fourth-order valence-electron chi connectivity index (χ4n) is 3.18. The van der Waals surface area contributed by atoms with Gasteiger partial charge in [-0.1, -0.05) is 19.3 Å². The van der Waals surface area contributed by atoms with Crippen LogP contribution < -0.4 is 5.32 Å². The molecule has 1 saturated carbocycles. The number of amides is 1. The highest BCUT2D eigenvalue weighted by Gasteiger charge is 2.48. The first-order valence-electron chi connectivity index (χ1n) is 6.01. The van der Waals surface area contributed by atoms with Gasteiger partial charge in [-0.15, -0.1) is 11.3 Å². The maximum atomic E-state index is 11.7. The number of nitrogens with one attached hydrogen (secondary N) is 1. The van der Waals surface area contributed by atoms with Gasteiger partial charge in [0.1, 0.15) is 0 Å². The Bertz CT molecular complexity index is 382. The van der Waals surface area contributed by atoms with Crippen molar-refractivity contribution in [3.05, 3.63) is 16.6 Å². The SMILES string of the molecule is O=C1CC(c2nccs2)C2(CCCCC2)N1. The second kappa shape index (κ2) is 3.84. The van der Waals surface area contributed by atoms with Gasteiger partial charge in [0.15, 0.2) is 0 Å². The van der Waals surface area contributed by atoms with Gasteiger partial charge in [0, 0.05) is 29.5 Å². The van der Waals surface area contributed by atoms with Gasteiger partial charge in [0.05, 0.1) is 5.01 Å². The second-order valence-corrected chi connectivity index (χ2v) is 5.82. The minimum Gasteiger partial charge on any atom is -0.350 e. The molecule has 1 amide bonds. The Morgan fingerprint density at radius 2 is 2.19 bits per heavy atom. The largest absolute Gasteiger partial charge is 0.350 e. The summed E-state index contributed by atoms with van der Waals surface area (Å²) in [5, 5.41) is 6.38. The van der Waals surface area contributed by atoms with Crippen molar-refractivity contribution in [2.45, 2.75) is 50.0 Å². The number of rotatable bonds is 1. The van der Waals surface area contributed by atoms with Gasteiger partial charge < -0.3 is 5.32 Å². The van der Waals surface area contributed by atoms with E-state index >= 15 is 0 Å². The van der Waals surface area contributed by atoms with Crippen LogP contribution in [-0.4, -0.2) is 16.4 Å². The molecule has 1 atom stereocenters. The highest BCUT2D eigenvalue weighted by molar-refractivity contribution is 7.09. The van der Waals surface area contributed by atoms with Crippen molar-refractivity contribution >= 4 is 17.2 Å². The van der Waals surface area contributed by atoms with Crippen molar-refractivity contribution in [2.24, 2.45) is 0 Å². The predicted molar refractivity (Wildman–Crippen MR) is 63.4 cm³/mol. The van der Waals surface area contributed by atoms with E-state index in [1.807, 2.05) is 11.6 Å². The average molecular weight is 236 g/mol. The summed E-state index contributed by atoms with van der Waals surface area (Å²) in [7, 11) is 0. The van der Waals surface area contributed by atoms with Crippen molar-refractivity contribution in [1.82, 2.24) is 10.3 Å². The van der Waals surface area contributed by atoms with Gasteiger partial charge in [0.25, 0.3) is 0 Å². The molecule has 2 aliphatic rings. The number of carbonyl (C=O) groups excluding carboxylic acids is 1. The summed E-state index contributed by atoms with van der Waals surface area (Å²) in [6.45, 7) is 0. The zero-order valence-electron chi connectivity index (χ0n) is 9.24. The lowest BCUT2D eigenvalue weighted by atomic mass is 9.74. The molecule has 1 saturated heterocycles. The third-order valence-corrected chi connectivity index (χ3v) is 4.83. The zero-order chi connectivity index (χ0) is 11.0. The van der Waals surface area contributed by atoms with Crippen LogP contribution in [0.4, 0.5) is 0 Å². The average Bonchev–Trinajstić information content (AvgIpc) is 2.88. The van der Waals surface area contributed by atoms with Crippen LogP contribution in [0.25, 0.3) is 0 Å². The van der Waals surface area contributed by atoms with E-state index in [-0.39, 0.29) is 11.4 Å². The van der Waals surface area contributed by atoms with E-state index in [0.29, 0.717) is 12.3 Å². The van der Waals surface area contributed by atoms with Crippen LogP contribution in [0.3, 0.4) is 0 Å². The molecule has 1 N–H and O–H groups in total. The number of nitrogens with zero attached hydrogens (tertiary/aromatic N) is 1. The summed E-state index contributed by atoms with van der Waals surface area (Å²) in [6, 6.07) is 0. The minimum absolute atomic E-state index is 0.0349. The summed E-state index contributed by atoms with van der Waals surface area (Å²) in [5.74, 6) is 0.530. The second-order valence-electron chi connectivity index (χ2n) is 4.89. The Morgan fingerprint density at radius 1 is 1.38 bits per heavy atom. The van der Waals surface area contributed by atoms with Gasteiger partial charge in [0.2, 0.25) is 5.91 Å². The summed E-state index contributed by atoms with van der Waals surface area (Å²) in [4.78, 5) is 16.1. The number of hydrogen-bond donors (Lipinski definition) is 1. The first-order valence-corrected chi connectivity index (χ1v) is 6.89. The van der Waals surface area contributed by atoms with Crippen molar-refractivity contribution in [1.29, 1.82) is 0 Å². The van der Waals surface area contributed by atoms with Crippen molar-refractivity contribution in [3.63, 3.8) is 0 Å². The Kier molecular flexibility index (Phi) is 2.46. The molecule has 1 aromatic rings. The van der Waals surface area contributed by atoms with Crippen LogP contribution >= 0.6 is 11.3 Å². The molecule has 1 unspecified atom stereocenters. The molecule has 2 fully saturated rings. The first kappa shape index (κ1) is 10.3. The van der Waals surface area contributed by atoms with Crippen LogP contribution in [0, 0.1) is 0 Å². The van der Waals surface area contributed by atoms with E-state index < -0.39 is 0 Å². The van der Waals surface area contributed by atoms with Crippen LogP contribution in [0.1, 0.15) is 49.5 Å². The van der Waals surface area contributed by atoms with Crippen LogP contribution in [0.15, 0.2) is 11.6 Å². The van der Waals surface area contributed by atoms with E-state index in [9.17, 15) is 4.79 Å². The van der Waals surface area contributed by atoms with Crippen molar-refractivity contribution in [2.75, 3.05) is 0 Å². The molecule has 1 aliphatic heterocycles. The Labute approximate surface area is 99.3 Å². The number of hydrogen-bond acceptors (Lipinski definition) is 3. The molecule has 3 nitrogen and oxygen atoms in total. The van der Waals surface area contributed by atoms with E-state index in [1.165, 1.54) is 19.3 Å². The molecule has 0 radical (unpaired) electrons. The monoisotopic (exact) mass is 236 g/mol. The van der Waals surface area contributed by atoms with E-state index in [0.717, 1.165) is 17.8 Å². The predicted octanol–water partition coefficient (Wildman–Crippen LogP) is 2.45. The fraction of sp³-hybridized carbons (Fsp3) is 0.667. The molecule has 16 heavy (non-hydrogen) atoms. The van der Waals surface area contributed by atoms with Crippen LogP contribution in [0.5, 0.6) is 0 Å². The quantitative estimate of drug-likeness (QED) is 0.813. The molecule has 2 heterocycles. The van der Waals surface area contributed by atoms with Gasteiger partial charge >= 0.3 is 0 Å². The summed E-state index contributed by atoms with van der Waals surface area (Å²) >= 11 is 1.69. The molecule has 3 rings (SSSR count). The number of aromatic nitrogens is 1. The maximum absolute atomic E-state index is 11.7. The maximum Gasteiger partial charge on any atom is 0.221 e. The summed E-state index contributed by atoms with van der Waals surface area (Å²) in [6.07, 6.45) is 8.52. The molecule has 1 aromatic heterocycles. The summed E-state index contributed by atoms with van der Waals surface area (Å²) in [5.41, 5.74) is 0.0349. The lowest BCUT2D eigenvalue weighted by Crippen LogP contribution is -2.46. The van der Waals surface area contributed by atoms with Crippen LogP contribution in [-0.2, 0) is 4.79 Å². The van der Waals surface area contributed by atoms with E-state index in [1.54, 1.807) is 11.3 Å². The number of thiazole rings is 1. The number of carbonyl (C=O) groups is 1. The minimum atomic E-state index is 0.0349. The van der Waals surface area contributed by atoms with E-state index in [4.69, 9.17) is 0 Å². The molecule has 4 heteroatoms. The van der Waals surface area contributed by atoms with Gasteiger partial charge in [-0.3, -0.25) is 4.79 Å². The standard InChI is InChI=1S/C12H16N2OS/c15-10-8-9(11-13-6-7-16-11)12(14-10)4-2-1-3-5-12/h6-7,9H,1-5,8H2,(H,14,15). The summed E-state index contributed by atoms with van der Waals surface area (Å²) < 4.78 is 0. The lowest BCUT2D eigenvalue weighted by molar-refractivity contribution is -0.120. The topological polar surface area (TPSA) is 42.0 Å². The third-order valence-electron chi connectivity index (χ3n) is 3.94. The normalized spacial score (nSPS) is 28.2. The zero-order valence-corrected chi connectivity index (χ0v) is 10.1. The van der Waals surface area contributed by atoms with Crippen molar-refractivity contribution < 1.29 is 4.79 Å². The highest BCUT2D eigenvalue weighted by atomic mass is 32.1. The Morgan fingerprint density at radius 3 is 2.88 bits per heavy atom.